The molecular formula is C19H22BrN3O3. The first kappa shape index (κ1) is 17.5. The third-order valence-corrected chi connectivity index (χ3v) is 6.21. The molecule has 2 N–H and O–H groups in total. The number of hydrogen-bond acceptors (Lipinski definition) is 3. The van der Waals surface area contributed by atoms with Gasteiger partial charge in [0, 0.05) is 23.0 Å². The summed E-state index contributed by atoms with van der Waals surface area (Å²) in [6, 6.07) is 7.98. The Labute approximate surface area is 160 Å². The zero-order valence-corrected chi connectivity index (χ0v) is 16.0. The highest BCUT2D eigenvalue weighted by molar-refractivity contribution is 9.10. The molecule has 0 bridgehead atoms. The average molecular weight is 420 g/mol. The van der Waals surface area contributed by atoms with Crippen LogP contribution >= 0.6 is 15.9 Å². The molecule has 1 spiro atoms. The van der Waals surface area contributed by atoms with Crippen molar-refractivity contribution in [3.63, 3.8) is 0 Å². The lowest BCUT2D eigenvalue weighted by Crippen LogP contribution is -2.51. The molecule has 0 unspecified atom stereocenters. The van der Waals surface area contributed by atoms with Crippen LogP contribution in [0.25, 0.3) is 0 Å². The number of urea groups is 1. The maximum absolute atomic E-state index is 13.1. The minimum absolute atomic E-state index is 0.0707. The highest BCUT2D eigenvalue weighted by atomic mass is 79.9. The van der Waals surface area contributed by atoms with Gasteiger partial charge >= 0.3 is 6.03 Å². The number of halogens is 1. The Morgan fingerprint density at radius 1 is 1.19 bits per heavy atom. The summed E-state index contributed by atoms with van der Waals surface area (Å²) >= 11 is 3.49. The van der Waals surface area contributed by atoms with Crippen molar-refractivity contribution in [1.82, 2.24) is 15.5 Å². The van der Waals surface area contributed by atoms with E-state index in [4.69, 9.17) is 0 Å². The second-order valence-electron chi connectivity index (χ2n) is 7.59. The number of benzene rings is 1. The summed E-state index contributed by atoms with van der Waals surface area (Å²) in [5.41, 5.74) is 0.317. The lowest BCUT2D eigenvalue weighted by Gasteiger charge is -2.36. The summed E-state index contributed by atoms with van der Waals surface area (Å²) in [6.45, 7) is 0.627. The van der Waals surface area contributed by atoms with E-state index in [9.17, 15) is 14.4 Å². The van der Waals surface area contributed by atoms with Crippen molar-refractivity contribution in [1.29, 1.82) is 0 Å². The number of carbonyl (C=O) groups is 3. The van der Waals surface area contributed by atoms with Crippen molar-refractivity contribution in [3.05, 3.63) is 34.3 Å². The monoisotopic (exact) mass is 419 g/mol. The second-order valence-corrected chi connectivity index (χ2v) is 8.51. The first-order valence-electron chi connectivity index (χ1n) is 9.15. The van der Waals surface area contributed by atoms with Crippen molar-refractivity contribution in [2.24, 2.45) is 5.92 Å². The lowest BCUT2D eigenvalue weighted by molar-refractivity contribution is -0.139. The Kier molecular flexibility index (Phi) is 4.50. The van der Waals surface area contributed by atoms with Crippen LogP contribution in [0.15, 0.2) is 28.7 Å². The number of imide groups is 1. The highest BCUT2D eigenvalue weighted by Gasteiger charge is 2.49. The smallest absolute Gasteiger partial charge is 0.322 e. The summed E-state index contributed by atoms with van der Waals surface area (Å²) in [6.07, 6.45) is 4.44. The maximum atomic E-state index is 13.1. The molecule has 2 aliphatic carbocycles. The third kappa shape index (κ3) is 3.37. The number of nitrogens with zero attached hydrogens (tertiary/aromatic N) is 1. The van der Waals surface area contributed by atoms with E-state index in [-0.39, 0.29) is 17.7 Å². The van der Waals surface area contributed by atoms with E-state index >= 15 is 0 Å². The van der Waals surface area contributed by atoms with Gasteiger partial charge in [-0.25, -0.2) is 4.79 Å². The quantitative estimate of drug-likeness (QED) is 0.736. The zero-order valence-electron chi connectivity index (χ0n) is 14.5. The fourth-order valence-electron chi connectivity index (χ4n) is 4.08. The molecule has 0 aromatic heterocycles. The number of carbonyl (C=O) groups excluding carboxylic acids is 3. The molecule has 6 nitrogen and oxygen atoms in total. The van der Waals surface area contributed by atoms with Crippen LogP contribution in [0.1, 0.15) is 44.1 Å². The van der Waals surface area contributed by atoms with Crippen LogP contribution in [0.4, 0.5) is 4.79 Å². The Hall–Kier alpha value is -1.89. The summed E-state index contributed by atoms with van der Waals surface area (Å²) in [7, 11) is 0. The fourth-order valence-corrected chi connectivity index (χ4v) is 4.52. The minimum Gasteiger partial charge on any atom is -0.335 e. The van der Waals surface area contributed by atoms with Gasteiger partial charge in [0.25, 0.3) is 5.91 Å². The predicted molar refractivity (Wildman–Crippen MR) is 99.1 cm³/mol. The van der Waals surface area contributed by atoms with Gasteiger partial charge in [-0.3, -0.25) is 14.9 Å². The van der Waals surface area contributed by atoms with E-state index in [0.29, 0.717) is 38.3 Å². The van der Waals surface area contributed by atoms with Gasteiger partial charge in [-0.15, -0.1) is 0 Å². The van der Waals surface area contributed by atoms with Gasteiger partial charge in [0.05, 0.1) is 0 Å². The second kappa shape index (κ2) is 6.68. The topological polar surface area (TPSA) is 78.5 Å². The van der Waals surface area contributed by atoms with Crippen molar-refractivity contribution in [2.75, 3.05) is 0 Å². The SMILES string of the molecule is O=C1NC(=O)C2(CCC(C(=O)N(Cc3cccc(Br)c3)C3CC3)CC2)N1. The van der Waals surface area contributed by atoms with E-state index in [1.807, 2.05) is 23.1 Å². The Bertz CT molecular complexity index is 754. The summed E-state index contributed by atoms with van der Waals surface area (Å²) < 4.78 is 1.01. The molecule has 1 aromatic rings. The molecule has 7 heteroatoms. The van der Waals surface area contributed by atoms with E-state index in [2.05, 4.69) is 32.6 Å². The standard InChI is InChI=1S/C19H22BrN3O3/c20-14-3-1-2-12(10-14)11-23(15-4-5-15)16(24)13-6-8-19(9-7-13)17(25)21-18(26)22-19/h1-3,10,13,15H,4-9,11H2,(H2,21,22,25,26). The number of amides is 4. The Morgan fingerprint density at radius 3 is 2.50 bits per heavy atom. The van der Waals surface area contributed by atoms with E-state index in [1.165, 1.54) is 0 Å². The predicted octanol–water partition coefficient (Wildman–Crippen LogP) is 2.71. The van der Waals surface area contributed by atoms with Gasteiger partial charge in [0.1, 0.15) is 5.54 Å². The van der Waals surface area contributed by atoms with Crippen molar-refractivity contribution in [3.8, 4) is 0 Å². The molecule has 138 valence electrons. The molecule has 3 fully saturated rings. The average Bonchev–Trinajstić information content (AvgIpc) is 3.40. The molecule has 0 radical (unpaired) electrons. The molecule has 1 aliphatic heterocycles. The number of rotatable bonds is 4. The molecule has 26 heavy (non-hydrogen) atoms. The van der Waals surface area contributed by atoms with Crippen LogP contribution in [0.5, 0.6) is 0 Å². The largest absolute Gasteiger partial charge is 0.335 e. The molecule has 1 heterocycles. The van der Waals surface area contributed by atoms with Crippen molar-refractivity contribution >= 4 is 33.8 Å². The van der Waals surface area contributed by atoms with Crippen LogP contribution in [0.2, 0.25) is 0 Å². The number of hydrogen-bond donors (Lipinski definition) is 2. The van der Waals surface area contributed by atoms with Crippen LogP contribution in [-0.2, 0) is 16.1 Å². The lowest BCUT2D eigenvalue weighted by atomic mass is 9.76. The molecule has 2 saturated carbocycles. The molecule has 1 aromatic carbocycles. The number of nitrogens with one attached hydrogen (secondary N) is 2. The minimum atomic E-state index is -0.803. The van der Waals surface area contributed by atoms with Crippen molar-refractivity contribution < 1.29 is 14.4 Å². The summed E-state index contributed by atoms with van der Waals surface area (Å²) in [5, 5.41) is 5.08. The first-order chi connectivity index (χ1) is 12.5. The van der Waals surface area contributed by atoms with Gasteiger partial charge < -0.3 is 10.2 Å². The van der Waals surface area contributed by atoms with Crippen LogP contribution < -0.4 is 10.6 Å². The van der Waals surface area contributed by atoms with Crippen LogP contribution in [0.3, 0.4) is 0 Å². The summed E-state index contributed by atoms with van der Waals surface area (Å²) in [4.78, 5) is 38.7. The molecule has 4 rings (SSSR count). The molecule has 1 saturated heterocycles. The van der Waals surface area contributed by atoms with E-state index in [1.54, 1.807) is 0 Å². The zero-order chi connectivity index (χ0) is 18.3. The van der Waals surface area contributed by atoms with E-state index in [0.717, 1.165) is 22.9 Å². The van der Waals surface area contributed by atoms with Gasteiger partial charge in [0.15, 0.2) is 0 Å². The first-order valence-corrected chi connectivity index (χ1v) is 9.95. The molecule has 0 atom stereocenters. The molecular weight excluding hydrogens is 398 g/mol. The fraction of sp³-hybridized carbons (Fsp3) is 0.526. The summed E-state index contributed by atoms with van der Waals surface area (Å²) in [5.74, 6) is -0.132. The maximum Gasteiger partial charge on any atom is 0.322 e. The van der Waals surface area contributed by atoms with Gasteiger partial charge in [-0.2, -0.15) is 0 Å². The molecule has 4 amide bonds. The van der Waals surface area contributed by atoms with E-state index < -0.39 is 11.6 Å². The van der Waals surface area contributed by atoms with Gasteiger partial charge in [-0.05, 0) is 56.2 Å². The van der Waals surface area contributed by atoms with Crippen LogP contribution in [-0.4, -0.2) is 34.3 Å². The highest BCUT2D eigenvalue weighted by Crippen LogP contribution is 2.37. The Morgan fingerprint density at radius 2 is 1.92 bits per heavy atom. The van der Waals surface area contributed by atoms with Crippen LogP contribution in [0, 0.1) is 5.92 Å². The third-order valence-electron chi connectivity index (χ3n) is 5.72. The Balaban J connectivity index is 1.43. The molecule has 3 aliphatic rings. The van der Waals surface area contributed by atoms with Gasteiger partial charge in [-0.1, -0.05) is 28.1 Å². The van der Waals surface area contributed by atoms with Crippen molar-refractivity contribution in [2.45, 2.75) is 56.7 Å². The normalized spacial score (nSPS) is 28.0. The van der Waals surface area contributed by atoms with Gasteiger partial charge in [0.2, 0.25) is 5.91 Å².